The zero-order valence-corrected chi connectivity index (χ0v) is 18.2. The Bertz CT molecular complexity index is 961. The van der Waals surface area contributed by atoms with Crippen molar-refractivity contribution >= 4 is 5.96 Å². The lowest BCUT2D eigenvalue weighted by Crippen LogP contribution is -2.36. The fourth-order valence-electron chi connectivity index (χ4n) is 3.01. The first-order chi connectivity index (χ1) is 15.3. The van der Waals surface area contributed by atoms with Crippen molar-refractivity contribution in [1.29, 1.82) is 0 Å². The summed E-state index contributed by atoms with van der Waals surface area (Å²) in [6, 6.07) is 21.8. The van der Waals surface area contributed by atoms with E-state index in [1.807, 2.05) is 67.6 Å². The van der Waals surface area contributed by atoms with Crippen LogP contribution >= 0.6 is 0 Å². The van der Waals surface area contributed by atoms with Crippen molar-refractivity contribution in [2.75, 3.05) is 13.2 Å². The molecule has 162 valence electrons. The van der Waals surface area contributed by atoms with E-state index in [1.165, 1.54) is 0 Å². The number of rotatable bonds is 10. The Kier molecular flexibility index (Phi) is 8.73. The Morgan fingerprint density at radius 2 is 1.81 bits per heavy atom. The number of nitrogens with zero attached hydrogens (tertiary/aromatic N) is 2. The molecule has 3 rings (SSSR count). The number of aliphatic imine (C=N–C) groups is 1. The predicted octanol–water partition coefficient (Wildman–Crippen LogP) is 4.31. The third-order valence-electron chi connectivity index (χ3n) is 4.49. The molecule has 1 aromatic heterocycles. The lowest BCUT2D eigenvalue weighted by Gasteiger charge is -2.14. The van der Waals surface area contributed by atoms with Gasteiger partial charge in [-0.25, -0.2) is 4.99 Å². The second-order valence-corrected chi connectivity index (χ2v) is 6.85. The maximum atomic E-state index is 5.87. The van der Waals surface area contributed by atoms with Crippen LogP contribution in [0.1, 0.15) is 30.7 Å². The molecule has 0 unspecified atom stereocenters. The van der Waals surface area contributed by atoms with E-state index in [1.54, 1.807) is 6.20 Å². The molecule has 0 saturated heterocycles. The third kappa shape index (κ3) is 7.33. The van der Waals surface area contributed by atoms with Gasteiger partial charge in [-0.3, -0.25) is 4.98 Å². The van der Waals surface area contributed by atoms with Crippen molar-refractivity contribution in [3.05, 3.63) is 89.7 Å². The van der Waals surface area contributed by atoms with E-state index in [-0.39, 0.29) is 0 Å². The molecule has 0 atom stereocenters. The zero-order valence-electron chi connectivity index (χ0n) is 18.2. The summed E-state index contributed by atoms with van der Waals surface area (Å²) in [4.78, 5) is 9.01. The fourth-order valence-corrected chi connectivity index (χ4v) is 3.01. The average Bonchev–Trinajstić information content (AvgIpc) is 2.81. The molecule has 6 nitrogen and oxygen atoms in total. The molecule has 0 aliphatic rings. The van der Waals surface area contributed by atoms with Crippen LogP contribution in [-0.4, -0.2) is 24.1 Å². The van der Waals surface area contributed by atoms with E-state index in [2.05, 4.69) is 28.6 Å². The summed E-state index contributed by atoms with van der Waals surface area (Å²) in [5.74, 6) is 2.46. The van der Waals surface area contributed by atoms with E-state index in [0.29, 0.717) is 26.3 Å². The quantitative estimate of drug-likeness (QED) is 0.379. The minimum atomic E-state index is 0.441. The van der Waals surface area contributed by atoms with Crippen LogP contribution in [0, 0.1) is 0 Å². The molecule has 2 N–H and O–H groups in total. The highest BCUT2D eigenvalue weighted by Crippen LogP contribution is 2.18. The van der Waals surface area contributed by atoms with Crippen molar-refractivity contribution in [2.24, 2.45) is 4.99 Å². The van der Waals surface area contributed by atoms with Gasteiger partial charge >= 0.3 is 0 Å². The molecule has 0 saturated carbocycles. The smallest absolute Gasteiger partial charge is 0.191 e. The first-order valence-electron chi connectivity index (χ1n) is 10.6. The molecular weight excluding hydrogens is 388 g/mol. The largest absolute Gasteiger partial charge is 0.494 e. The Hall–Kier alpha value is -3.54. The van der Waals surface area contributed by atoms with E-state index < -0.39 is 0 Å². The zero-order chi connectivity index (χ0) is 21.7. The summed E-state index contributed by atoms with van der Waals surface area (Å²) in [5, 5.41) is 6.68. The Morgan fingerprint density at radius 3 is 2.61 bits per heavy atom. The number of nitrogens with one attached hydrogen (secondary N) is 2. The number of hydrogen-bond acceptors (Lipinski definition) is 4. The molecule has 6 heteroatoms. The lowest BCUT2D eigenvalue weighted by molar-refractivity contribution is 0.301. The normalized spacial score (nSPS) is 11.1. The van der Waals surface area contributed by atoms with E-state index >= 15 is 0 Å². The molecular formula is C25H30N4O2. The number of guanidine groups is 1. The summed E-state index contributed by atoms with van der Waals surface area (Å²) in [7, 11) is 0. The summed E-state index contributed by atoms with van der Waals surface area (Å²) in [5.41, 5.74) is 3.07. The van der Waals surface area contributed by atoms with Crippen molar-refractivity contribution in [3.8, 4) is 11.5 Å². The summed E-state index contributed by atoms with van der Waals surface area (Å²) in [6.45, 7) is 7.09. The standard InChI is InChI=1S/C25H30N4O2/c1-3-26-25(29-18-21-11-5-6-14-24(21)30-4-2)28-17-20-10-9-13-23(16-20)31-19-22-12-7-8-15-27-22/h5-16H,3-4,17-19H2,1-2H3,(H2,26,28,29). The summed E-state index contributed by atoms with van der Waals surface area (Å²) >= 11 is 0. The van der Waals surface area contributed by atoms with Crippen LogP contribution in [0.2, 0.25) is 0 Å². The van der Waals surface area contributed by atoms with Crippen molar-refractivity contribution in [2.45, 2.75) is 33.5 Å². The molecule has 3 aromatic rings. The minimum absolute atomic E-state index is 0.441. The minimum Gasteiger partial charge on any atom is -0.494 e. The first kappa shape index (κ1) is 22.2. The van der Waals surface area contributed by atoms with Gasteiger partial charge in [-0.05, 0) is 49.7 Å². The number of aromatic nitrogens is 1. The number of ether oxygens (including phenoxy) is 2. The predicted molar refractivity (Wildman–Crippen MR) is 124 cm³/mol. The molecule has 1 heterocycles. The summed E-state index contributed by atoms with van der Waals surface area (Å²) < 4.78 is 11.6. The highest BCUT2D eigenvalue weighted by atomic mass is 16.5. The second-order valence-electron chi connectivity index (χ2n) is 6.85. The second kappa shape index (κ2) is 12.2. The topological polar surface area (TPSA) is 67.8 Å². The molecule has 0 amide bonds. The van der Waals surface area contributed by atoms with Gasteiger partial charge < -0.3 is 20.1 Å². The molecule has 2 aromatic carbocycles. The van der Waals surface area contributed by atoms with Crippen LogP contribution in [0.4, 0.5) is 0 Å². The van der Waals surface area contributed by atoms with Gasteiger partial charge in [0.2, 0.25) is 0 Å². The van der Waals surface area contributed by atoms with Crippen LogP contribution in [0.5, 0.6) is 11.5 Å². The molecule has 0 aliphatic heterocycles. The summed E-state index contributed by atoms with van der Waals surface area (Å²) in [6.07, 6.45) is 1.77. The number of benzene rings is 2. The number of pyridine rings is 1. The maximum absolute atomic E-state index is 5.87. The van der Waals surface area contributed by atoms with E-state index in [4.69, 9.17) is 14.5 Å². The van der Waals surface area contributed by atoms with Gasteiger partial charge in [0.25, 0.3) is 0 Å². The first-order valence-corrected chi connectivity index (χ1v) is 10.6. The van der Waals surface area contributed by atoms with Crippen molar-refractivity contribution < 1.29 is 9.47 Å². The number of hydrogen-bond donors (Lipinski definition) is 2. The molecule has 31 heavy (non-hydrogen) atoms. The van der Waals surface area contributed by atoms with Gasteiger partial charge in [-0.1, -0.05) is 36.4 Å². The Labute approximate surface area is 184 Å². The van der Waals surface area contributed by atoms with Crippen LogP contribution in [0.25, 0.3) is 0 Å². The van der Waals surface area contributed by atoms with Gasteiger partial charge in [-0.2, -0.15) is 0 Å². The van der Waals surface area contributed by atoms with Crippen LogP contribution < -0.4 is 20.1 Å². The molecule has 0 radical (unpaired) electrons. The highest BCUT2D eigenvalue weighted by molar-refractivity contribution is 5.79. The van der Waals surface area contributed by atoms with Crippen molar-refractivity contribution in [3.63, 3.8) is 0 Å². The van der Waals surface area contributed by atoms with Crippen LogP contribution in [0.15, 0.2) is 77.9 Å². The van der Waals surface area contributed by atoms with Crippen LogP contribution in [-0.2, 0) is 19.7 Å². The molecule has 0 fully saturated rings. The van der Waals surface area contributed by atoms with E-state index in [0.717, 1.165) is 40.8 Å². The van der Waals surface area contributed by atoms with Gasteiger partial charge in [0.15, 0.2) is 5.96 Å². The Morgan fingerprint density at radius 1 is 0.935 bits per heavy atom. The fraction of sp³-hybridized carbons (Fsp3) is 0.280. The van der Waals surface area contributed by atoms with Gasteiger partial charge in [-0.15, -0.1) is 0 Å². The maximum Gasteiger partial charge on any atom is 0.191 e. The van der Waals surface area contributed by atoms with Gasteiger partial charge in [0.05, 0.1) is 18.8 Å². The van der Waals surface area contributed by atoms with Crippen molar-refractivity contribution in [1.82, 2.24) is 15.6 Å². The molecule has 0 bridgehead atoms. The van der Waals surface area contributed by atoms with Gasteiger partial charge in [0, 0.05) is 24.8 Å². The van der Waals surface area contributed by atoms with Gasteiger partial charge in [0.1, 0.15) is 18.1 Å². The van der Waals surface area contributed by atoms with Crippen LogP contribution in [0.3, 0.4) is 0 Å². The lowest BCUT2D eigenvalue weighted by atomic mass is 10.2. The monoisotopic (exact) mass is 418 g/mol. The van der Waals surface area contributed by atoms with E-state index in [9.17, 15) is 0 Å². The molecule has 0 spiro atoms. The average molecular weight is 419 g/mol. The highest BCUT2D eigenvalue weighted by Gasteiger charge is 2.05. The SMILES string of the molecule is CCNC(=NCc1cccc(OCc2ccccn2)c1)NCc1ccccc1OCC. The number of para-hydroxylation sites is 1. The Balaban J connectivity index is 1.60. The molecule has 0 aliphatic carbocycles. The third-order valence-corrected chi connectivity index (χ3v) is 4.49.